The fourth-order valence-electron chi connectivity index (χ4n) is 1.49. The number of aliphatic hydroxyl groups is 6. The molecule has 8 N–H and O–H groups in total. The maximum atomic E-state index is 9.74. The molecule has 0 saturated carbocycles. The van der Waals surface area contributed by atoms with E-state index in [2.05, 4.69) is 11.3 Å². The van der Waals surface area contributed by atoms with Crippen LogP contribution in [0.15, 0.2) is 12.3 Å². The van der Waals surface area contributed by atoms with Gasteiger partial charge in [-0.1, -0.05) is 6.58 Å². The third kappa shape index (κ3) is 1.60. The van der Waals surface area contributed by atoms with Crippen LogP contribution in [0.2, 0.25) is 0 Å². The van der Waals surface area contributed by atoms with Crippen LogP contribution >= 0.6 is 0 Å². The van der Waals surface area contributed by atoms with E-state index in [-0.39, 0.29) is 0 Å². The molecule has 1 aliphatic rings. The minimum absolute atomic E-state index is 0.760. The molecule has 8 nitrogen and oxygen atoms in total. The van der Waals surface area contributed by atoms with Gasteiger partial charge in [0.15, 0.2) is 0 Å². The van der Waals surface area contributed by atoms with Gasteiger partial charge in [0.05, 0.1) is 6.61 Å². The van der Waals surface area contributed by atoms with Gasteiger partial charge in [0, 0.05) is 0 Å². The molecule has 1 heterocycles. The first-order chi connectivity index (χ1) is 7.18. The fraction of sp³-hybridized carbons (Fsp3) is 0.750. The molecule has 94 valence electrons. The lowest BCUT2D eigenvalue weighted by Gasteiger charge is -2.50. The predicted molar refractivity (Wildman–Crippen MR) is 49.8 cm³/mol. The second-order valence-electron chi connectivity index (χ2n) is 3.69. The van der Waals surface area contributed by atoms with E-state index >= 15 is 0 Å². The lowest BCUT2D eigenvalue weighted by molar-refractivity contribution is -0.379. The van der Waals surface area contributed by atoms with Gasteiger partial charge in [-0.05, 0) is 0 Å². The van der Waals surface area contributed by atoms with Crippen LogP contribution < -0.4 is 5.73 Å². The zero-order valence-electron chi connectivity index (χ0n) is 8.32. The molecule has 0 spiro atoms. The summed E-state index contributed by atoms with van der Waals surface area (Å²) in [4.78, 5) is 0. The zero-order chi connectivity index (χ0) is 12.7. The highest BCUT2D eigenvalue weighted by atomic mass is 16.7. The summed E-state index contributed by atoms with van der Waals surface area (Å²) in [6.45, 7) is 2.18. The van der Waals surface area contributed by atoms with Crippen molar-refractivity contribution in [3.63, 3.8) is 0 Å². The van der Waals surface area contributed by atoms with Crippen LogP contribution in [0, 0.1) is 0 Å². The first-order valence-electron chi connectivity index (χ1n) is 4.45. The second kappa shape index (κ2) is 3.93. The van der Waals surface area contributed by atoms with Crippen LogP contribution in [0.5, 0.6) is 0 Å². The van der Waals surface area contributed by atoms with E-state index in [0.29, 0.717) is 0 Å². The topological polar surface area (TPSA) is 157 Å². The summed E-state index contributed by atoms with van der Waals surface area (Å²) in [5, 5.41) is 56.1. The van der Waals surface area contributed by atoms with Crippen molar-refractivity contribution in [3.05, 3.63) is 12.3 Å². The van der Waals surface area contributed by atoms with Crippen molar-refractivity contribution in [2.45, 2.75) is 29.8 Å². The maximum absolute atomic E-state index is 9.74. The van der Waals surface area contributed by atoms with Gasteiger partial charge in [-0.15, -0.1) is 0 Å². The highest BCUT2D eigenvalue weighted by Gasteiger charge is 2.63. The number of nitrogens with two attached hydrogens (primary N) is 1. The van der Waals surface area contributed by atoms with Gasteiger partial charge in [0.2, 0.25) is 5.72 Å². The van der Waals surface area contributed by atoms with Crippen molar-refractivity contribution < 1.29 is 35.4 Å². The number of hydrogen-bond acceptors (Lipinski definition) is 8. The van der Waals surface area contributed by atoms with Crippen LogP contribution in [-0.4, -0.2) is 67.1 Å². The average molecular weight is 237 g/mol. The predicted octanol–water partition coefficient (Wildman–Crippen LogP) is -3.49. The molecular formula is C8H15NO7. The summed E-state index contributed by atoms with van der Waals surface area (Å²) >= 11 is 0. The molecule has 0 bridgehead atoms. The molecular weight excluding hydrogens is 222 g/mol. The van der Waals surface area contributed by atoms with Crippen molar-refractivity contribution in [3.8, 4) is 0 Å². The Morgan fingerprint density at radius 3 is 2.25 bits per heavy atom. The molecule has 5 atom stereocenters. The van der Waals surface area contributed by atoms with Crippen molar-refractivity contribution >= 4 is 0 Å². The Morgan fingerprint density at radius 2 is 1.88 bits per heavy atom. The van der Waals surface area contributed by atoms with Gasteiger partial charge in [-0.2, -0.15) is 0 Å². The van der Waals surface area contributed by atoms with E-state index in [1.54, 1.807) is 0 Å². The first-order valence-corrected chi connectivity index (χ1v) is 4.45. The summed E-state index contributed by atoms with van der Waals surface area (Å²) in [5.41, 5.74) is 2.32. The van der Waals surface area contributed by atoms with E-state index < -0.39 is 42.2 Å². The molecule has 1 rings (SSSR count). The molecule has 0 radical (unpaired) electrons. The van der Waals surface area contributed by atoms with E-state index in [4.69, 9.17) is 15.9 Å². The number of aliphatic hydroxyl groups excluding tert-OH is 4. The Hall–Kier alpha value is -0.740. The molecule has 0 unspecified atom stereocenters. The van der Waals surface area contributed by atoms with Crippen LogP contribution in [0.25, 0.3) is 0 Å². The Bertz CT molecular complexity index is 294. The summed E-state index contributed by atoms with van der Waals surface area (Å²) in [6.07, 6.45) is -5.18. The van der Waals surface area contributed by atoms with Gasteiger partial charge < -0.3 is 35.4 Å². The molecule has 1 fully saturated rings. The molecule has 16 heavy (non-hydrogen) atoms. The third-order valence-electron chi connectivity index (χ3n) is 2.59. The Morgan fingerprint density at radius 1 is 1.38 bits per heavy atom. The van der Waals surface area contributed by atoms with Gasteiger partial charge in [0.25, 0.3) is 5.79 Å². The van der Waals surface area contributed by atoms with E-state index in [0.717, 1.165) is 0 Å². The Labute approximate surface area is 90.8 Å². The van der Waals surface area contributed by atoms with E-state index in [1.165, 1.54) is 0 Å². The normalized spacial score (nSPS) is 49.0. The largest absolute Gasteiger partial charge is 0.507 e. The molecule has 1 saturated heterocycles. The third-order valence-corrected chi connectivity index (χ3v) is 2.59. The number of hydrogen-bond donors (Lipinski definition) is 7. The molecule has 8 heteroatoms. The van der Waals surface area contributed by atoms with Gasteiger partial charge in [0.1, 0.15) is 24.1 Å². The quantitative estimate of drug-likeness (QED) is 0.193. The highest BCUT2D eigenvalue weighted by Crippen LogP contribution is 2.36. The molecule has 1 aliphatic heterocycles. The summed E-state index contributed by atoms with van der Waals surface area (Å²) < 4.78 is 4.65. The highest BCUT2D eigenvalue weighted by molar-refractivity contribution is 5.14. The first kappa shape index (κ1) is 13.3. The Balaban J connectivity index is 3.15. The zero-order valence-corrected chi connectivity index (χ0v) is 8.32. The summed E-state index contributed by atoms with van der Waals surface area (Å²) in [7, 11) is 0. The monoisotopic (exact) mass is 237 g/mol. The minimum atomic E-state index is -2.88. The van der Waals surface area contributed by atoms with E-state index in [1.807, 2.05) is 0 Å². The van der Waals surface area contributed by atoms with Crippen LogP contribution in [0.4, 0.5) is 0 Å². The molecule has 0 aromatic rings. The Kier molecular flexibility index (Phi) is 3.27. The smallest absolute Gasteiger partial charge is 0.271 e. The average Bonchev–Trinajstić information content (AvgIpc) is 2.21. The molecule has 0 amide bonds. The van der Waals surface area contributed by atoms with Crippen molar-refractivity contribution in [2.75, 3.05) is 6.61 Å². The SMILES string of the molecule is C=C(O)[C@@]1(O)O[C@H](CO)[C@@H](O)[C@H](O)[C@@]1(N)O. The van der Waals surface area contributed by atoms with Crippen molar-refractivity contribution in [2.24, 2.45) is 5.73 Å². The fourth-order valence-corrected chi connectivity index (χ4v) is 1.49. The number of rotatable bonds is 2. The van der Waals surface area contributed by atoms with Gasteiger partial charge in [-0.3, -0.25) is 5.73 Å². The lowest BCUT2D eigenvalue weighted by Crippen LogP contribution is -2.77. The van der Waals surface area contributed by atoms with E-state index in [9.17, 15) is 20.4 Å². The van der Waals surface area contributed by atoms with Crippen molar-refractivity contribution in [1.29, 1.82) is 0 Å². The molecule has 0 aromatic heterocycles. The maximum Gasteiger partial charge on any atom is 0.271 e. The summed E-state index contributed by atoms with van der Waals surface area (Å²) in [5.74, 6) is -3.93. The standard InChI is InChI=1S/C8H15NO7/c1-3(11)8(15)7(9,14)6(13)5(12)4(2-10)16-8/h4-6,10-15H,1-2,9H2/t4-,5-,6+,7-,8-/m1/s1. The second-order valence-corrected chi connectivity index (χ2v) is 3.69. The van der Waals surface area contributed by atoms with Crippen LogP contribution in [0.1, 0.15) is 0 Å². The summed E-state index contributed by atoms with van der Waals surface area (Å²) in [6, 6.07) is 0. The van der Waals surface area contributed by atoms with Gasteiger partial charge >= 0.3 is 0 Å². The van der Waals surface area contributed by atoms with Crippen LogP contribution in [-0.2, 0) is 4.74 Å². The van der Waals surface area contributed by atoms with Crippen LogP contribution in [0.3, 0.4) is 0 Å². The van der Waals surface area contributed by atoms with Gasteiger partial charge in [-0.25, -0.2) is 0 Å². The van der Waals surface area contributed by atoms with Crippen molar-refractivity contribution in [1.82, 2.24) is 0 Å². The molecule has 0 aliphatic carbocycles. The minimum Gasteiger partial charge on any atom is -0.507 e. The molecule has 0 aromatic carbocycles. The number of ether oxygens (including phenoxy) is 1. The lowest BCUT2D eigenvalue weighted by atomic mass is 9.86.